The lowest BCUT2D eigenvalue weighted by atomic mass is 9.87. The number of hydrogen-bond acceptors (Lipinski definition) is 15. The Morgan fingerprint density at radius 2 is 0.919 bits per heavy atom. The number of rotatable bonds is 12. The first-order chi connectivity index (χ1) is 35.4. The lowest BCUT2D eigenvalue weighted by molar-refractivity contribution is -0.123. The molecule has 6 aromatic rings. The van der Waals surface area contributed by atoms with Gasteiger partial charge in [-0.05, 0) is 124 Å². The molecule has 17 heteroatoms. The number of phenols is 2. The van der Waals surface area contributed by atoms with E-state index in [1.54, 1.807) is 33.4 Å². The van der Waals surface area contributed by atoms with Crippen LogP contribution in [-0.2, 0) is 40.4 Å². The molecular weight excluding hydrogens is 941 g/mol. The van der Waals surface area contributed by atoms with E-state index < -0.39 is 35.5 Å². The largest absolute Gasteiger partial charge is 0.508 e. The normalized spacial score (nSPS) is 19.1. The second-order valence-electron chi connectivity index (χ2n) is 22.2. The highest BCUT2D eigenvalue weighted by atomic mass is 16.6. The number of nitrogens with zero attached hydrogens (tertiary/aromatic N) is 6. The number of carbonyl (C=O) groups is 3. The number of ether oxygens (including phenoxy) is 2. The molecule has 2 fully saturated rings. The monoisotopic (exact) mass is 1010 g/mol. The summed E-state index contributed by atoms with van der Waals surface area (Å²) in [5.74, 6) is -0.254. The van der Waals surface area contributed by atoms with Crippen LogP contribution in [0.4, 0.5) is 9.59 Å². The van der Waals surface area contributed by atoms with Crippen LogP contribution in [0.1, 0.15) is 87.0 Å². The molecule has 0 aliphatic carbocycles. The minimum Gasteiger partial charge on any atom is -0.508 e. The van der Waals surface area contributed by atoms with E-state index in [2.05, 4.69) is 42.4 Å². The first kappa shape index (κ1) is 51.3. The number of ketones is 1. The van der Waals surface area contributed by atoms with Gasteiger partial charge in [-0.15, -0.1) is 0 Å². The fraction of sp³-hybridized carbons (Fsp3) is 0.456. The number of nitrogens with one attached hydrogen (secondary N) is 2. The highest BCUT2D eigenvalue weighted by Gasteiger charge is 2.42. The number of Topliss-reactive ketones (excluding diaryl/α,β-unsaturated/α-hetero) is 1. The summed E-state index contributed by atoms with van der Waals surface area (Å²) in [6.07, 6.45) is -1.16. The number of carbonyl (C=O) groups excluding carboxylic acids is 3. The van der Waals surface area contributed by atoms with Crippen molar-refractivity contribution in [3.8, 4) is 34.0 Å². The molecule has 0 spiro atoms. The Morgan fingerprint density at radius 3 is 1.28 bits per heavy atom. The average molecular weight is 1010 g/mol. The Labute approximate surface area is 431 Å². The first-order valence-corrected chi connectivity index (χ1v) is 26.0. The van der Waals surface area contributed by atoms with E-state index in [0.717, 1.165) is 74.3 Å². The van der Waals surface area contributed by atoms with E-state index in [9.17, 15) is 30.0 Å². The molecule has 2 aromatic heterocycles. The standard InChI is InChI=1S/C57H70N8O9/c1-56(2,3)73-54(71)64-43-11-7-35(33-62-19-15-60(16-20-62)23-25-66)27-37(43)29-45(64)39-9-13-47(68)41-31-58-51(49(39)41)53(70)52-50-40(10-14-48(69)42(50)32-59-52)46-30-38-28-36(34-63-21-17-61(18-22-63)24-26-67)8-12-44(38)65(46)55(72)74-57(4,5)6/h7-14,27-30,51-52,58-59,66-69H,15-26,31-34H2,1-6H3. The Kier molecular flexibility index (Phi) is 14.2. The Hall–Kier alpha value is -6.15. The maximum Gasteiger partial charge on any atom is 0.419 e. The van der Waals surface area contributed by atoms with Crippen molar-refractivity contribution >= 4 is 39.8 Å². The summed E-state index contributed by atoms with van der Waals surface area (Å²) in [6, 6.07) is 20.8. The van der Waals surface area contributed by atoms with Crippen LogP contribution in [0.3, 0.4) is 0 Å². The Morgan fingerprint density at radius 1 is 0.541 bits per heavy atom. The summed E-state index contributed by atoms with van der Waals surface area (Å²) < 4.78 is 15.2. The second-order valence-corrected chi connectivity index (χ2v) is 22.2. The Bertz CT molecular complexity index is 2910. The molecule has 0 saturated carbocycles. The van der Waals surface area contributed by atoms with Crippen LogP contribution in [0.15, 0.2) is 72.8 Å². The van der Waals surface area contributed by atoms with Crippen LogP contribution in [0, 0.1) is 0 Å². The van der Waals surface area contributed by atoms with Crippen molar-refractivity contribution in [2.45, 2.75) is 91.0 Å². The van der Waals surface area contributed by atoms with Crippen molar-refractivity contribution < 1.29 is 44.3 Å². The zero-order valence-corrected chi connectivity index (χ0v) is 43.4. The summed E-state index contributed by atoms with van der Waals surface area (Å²) in [5.41, 5.74) is 6.08. The van der Waals surface area contributed by atoms with E-state index in [1.165, 1.54) is 0 Å². The molecule has 10 rings (SSSR count). The third-order valence-electron chi connectivity index (χ3n) is 14.8. The quantitative estimate of drug-likeness (QED) is 0.0759. The lowest BCUT2D eigenvalue weighted by Gasteiger charge is -2.34. The molecule has 2 unspecified atom stereocenters. The molecule has 0 amide bonds. The SMILES string of the molecule is CC(C)(C)OC(=O)n1c(-c2ccc(O)c3c2C(C(=O)C2NCc4c(O)ccc(-c5cc6cc(CN7CCN(CCO)CC7)ccc6n5C(=O)OC(C)(C)C)c42)NC3)cc2cc(CN3CCN(CCO)CC3)ccc21. The number of aliphatic hydroxyl groups is 2. The van der Waals surface area contributed by atoms with Gasteiger partial charge in [0.05, 0.1) is 47.7 Å². The maximum absolute atomic E-state index is 15.6. The van der Waals surface area contributed by atoms with Crippen LogP contribution in [0.2, 0.25) is 0 Å². The molecule has 6 N–H and O–H groups in total. The number of hydrogen-bond donors (Lipinski definition) is 6. The van der Waals surface area contributed by atoms with Gasteiger partial charge in [0.2, 0.25) is 0 Å². The van der Waals surface area contributed by atoms with Crippen LogP contribution in [-0.4, -0.2) is 157 Å². The van der Waals surface area contributed by atoms with Gasteiger partial charge in [-0.3, -0.25) is 35.0 Å². The van der Waals surface area contributed by atoms with E-state index in [0.29, 0.717) is 82.0 Å². The minimum atomic E-state index is -0.972. The van der Waals surface area contributed by atoms with Gasteiger partial charge in [-0.2, -0.15) is 0 Å². The molecule has 6 heterocycles. The number of piperazine rings is 2. The summed E-state index contributed by atoms with van der Waals surface area (Å²) in [6.45, 7) is 21.2. The van der Waals surface area contributed by atoms with Crippen molar-refractivity contribution in [3.63, 3.8) is 0 Å². The molecule has 17 nitrogen and oxygen atoms in total. The molecule has 392 valence electrons. The molecule has 0 radical (unpaired) electrons. The van der Waals surface area contributed by atoms with Gasteiger partial charge in [-0.25, -0.2) is 18.7 Å². The summed E-state index contributed by atoms with van der Waals surface area (Å²) in [7, 11) is 0. The number of aromatic hydroxyl groups is 2. The smallest absolute Gasteiger partial charge is 0.419 e. The van der Waals surface area contributed by atoms with E-state index in [1.807, 2.05) is 77.9 Å². The zero-order chi connectivity index (χ0) is 52.2. The summed E-state index contributed by atoms with van der Waals surface area (Å²) in [5, 5.41) is 50.3. The summed E-state index contributed by atoms with van der Waals surface area (Å²) in [4.78, 5) is 53.7. The molecular formula is C57H70N8O9. The molecule has 4 aliphatic rings. The fourth-order valence-corrected chi connectivity index (χ4v) is 11.3. The van der Waals surface area contributed by atoms with E-state index in [-0.39, 0.29) is 43.6 Å². The molecule has 2 saturated heterocycles. The molecule has 74 heavy (non-hydrogen) atoms. The maximum atomic E-state index is 15.6. The van der Waals surface area contributed by atoms with Crippen molar-refractivity contribution in [1.29, 1.82) is 0 Å². The summed E-state index contributed by atoms with van der Waals surface area (Å²) >= 11 is 0. The van der Waals surface area contributed by atoms with Gasteiger partial charge in [-0.1, -0.05) is 12.1 Å². The highest BCUT2D eigenvalue weighted by molar-refractivity contribution is 6.02. The van der Waals surface area contributed by atoms with Gasteiger partial charge >= 0.3 is 12.2 Å². The zero-order valence-electron chi connectivity index (χ0n) is 43.4. The molecule has 4 aromatic carbocycles. The third kappa shape index (κ3) is 10.3. The third-order valence-corrected chi connectivity index (χ3v) is 14.8. The Balaban J connectivity index is 1.02. The van der Waals surface area contributed by atoms with Gasteiger partial charge < -0.3 is 29.9 Å². The predicted octanol–water partition coefficient (Wildman–Crippen LogP) is 6.69. The van der Waals surface area contributed by atoms with Crippen molar-refractivity contribution in [2.75, 3.05) is 78.7 Å². The molecule has 2 atom stereocenters. The number of phenolic OH excluding ortho intramolecular Hbond substituents is 2. The fourth-order valence-electron chi connectivity index (χ4n) is 11.3. The molecule has 4 aliphatic heterocycles. The van der Waals surface area contributed by atoms with Gasteiger partial charge in [0.25, 0.3) is 0 Å². The van der Waals surface area contributed by atoms with Crippen molar-refractivity contribution in [1.82, 2.24) is 39.4 Å². The molecule has 0 bridgehead atoms. The number of fused-ring (bicyclic) bond motifs is 4. The van der Waals surface area contributed by atoms with Gasteiger partial charge in [0.1, 0.15) is 22.7 Å². The van der Waals surface area contributed by atoms with Crippen LogP contribution >= 0.6 is 0 Å². The van der Waals surface area contributed by atoms with Gasteiger partial charge in [0.15, 0.2) is 5.78 Å². The van der Waals surface area contributed by atoms with E-state index >= 15 is 4.79 Å². The number of aliphatic hydroxyl groups excluding tert-OH is 2. The number of aromatic nitrogens is 2. The minimum absolute atomic E-state index is 0.0103. The average Bonchev–Trinajstić information content (AvgIpc) is 4.17. The number of benzene rings is 4. The highest BCUT2D eigenvalue weighted by Crippen LogP contribution is 2.47. The second kappa shape index (κ2) is 20.5. The predicted molar refractivity (Wildman–Crippen MR) is 283 cm³/mol. The van der Waals surface area contributed by atoms with Crippen LogP contribution in [0.5, 0.6) is 11.5 Å². The lowest BCUT2D eigenvalue weighted by Crippen LogP contribution is -2.46. The topological polar surface area (TPSA) is 197 Å². The van der Waals surface area contributed by atoms with Crippen molar-refractivity contribution in [3.05, 3.63) is 106 Å². The number of β-amino-alcohol motifs (C(OH)–C–C–N with tert-alkyl or cyclic N) is 2. The van der Waals surface area contributed by atoms with Gasteiger partial charge in [0, 0.05) is 125 Å². The van der Waals surface area contributed by atoms with Crippen LogP contribution < -0.4 is 10.6 Å². The first-order valence-electron chi connectivity index (χ1n) is 26.0. The van der Waals surface area contributed by atoms with Crippen LogP contribution in [0.25, 0.3) is 44.3 Å². The van der Waals surface area contributed by atoms with E-state index in [4.69, 9.17) is 9.47 Å². The van der Waals surface area contributed by atoms with Crippen molar-refractivity contribution in [2.24, 2.45) is 0 Å².